The van der Waals surface area contributed by atoms with Gasteiger partial charge in [0.15, 0.2) is 0 Å². The zero-order chi connectivity index (χ0) is 12.1. The van der Waals surface area contributed by atoms with Crippen molar-refractivity contribution in [2.24, 2.45) is 5.92 Å². The normalized spacial score (nSPS) is 19.5. The van der Waals surface area contributed by atoms with Gasteiger partial charge in [0.1, 0.15) is 0 Å². The summed E-state index contributed by atoms with van der Waals surface area (Å²) < 4.78 is 0. The van der Waals surface area contributed by atoms with Gasteiger partial charge in [-0.25, -0.2) is 0 Å². The van der Waals surface area contributed by atoms with Gasteiger partial charge in [-0.05, 0) is 24.0 Å². The molecule has 1 aromatic heterocycles. The fourth-order valence-electron chi connectivity index (χ4n) is 2.51. The first-order valence-corrected chi connectivity index (χ1v) is 6.62. The summed E-state index contributed by atoms with van der Waals surface area (Å²) in [6.07, 6.45) is 5.09. The van der Waals surface area contributed by atoms with Crippen LogP contribution in [0.15, 0.2) is 24.5 Å². The second-order valence-corrected chi connectivity index (χ2v) is 5.22. The summed E-state index contributed by atoms with van der Waals surface area (Å²) in [6.45, 7) is 9.10. The van der Waals surface area contributed by atoms with Crippen LogP contribution in [-0.4, -0.2) is 36.1 Å². The summed E-state index contributed by atoms with van der Waals surface area (Å²) in [4.78, 5) is 6.86. The molecule has 1 atom stereocenters. The van der Waals surface area contributed by atoms with E-state index in [4.69, 9.17) is 0 Å². The van der Waals surface area contributed by atoms with E-state index in [1.54, 1.807) is 0 Å². The van der Waals surface area contributed by atoms with Crippen LogP contribution >= 0.6 is 0 Å². The minimum absolute atomic E-state index is 0.533. The summed E-state index contributed by atoms with van der Waals surface area (Å²) in [5.41, 5.74) is 1.36. The molecule has 1 saturated heterocycles. The Morgan fingerprint density at radius 1 is 1.35 bits per heavy atom. The number of pyridine rings is 1. The number of rotatable bonds is 4. The summed E-state index contributed by atoms with van der Waals surface area (Å²) in [6, 6.07) is 4.79. The Labute approximate surface area is 104 Å². The molecule has 1 N–H and O–H groups in total. The highest BCUT2D eigenvalue weighted by atomic mass is 15.2. The van der Waals surface area contributed by atoms with Crippen LogP contribution in [0.3, 0.4) is 0 Å². The molecule has 0 saturated carbocycles. The van der Waals surface area contributed by atoms with Crippen molar-refractivity contribution in [3.8, 4) is 0 Å². The van der Waals surface area contributed by atoms with Gasteiger partial charge in [-0.2, -0.15) is 0 Å². The highest BCUT2D eigenvalue weighted by molar-refractivity contribution is 5.14. The van der Waals surface area contributed by atoms with Crippen LogP contribution < -0.4 is 5.32 Å². The van der Waals surface area contributed by atoms with Crippen LogP contribution in [0, 0.1) is 5.92 Å². The standard InChI is InChI=1S/C14H23N3/c1-12(2)10-14(13-4-3-5-16-11-13)17-8-6-15-7-9-17/h3-5,11-12,14-15H,6-10H2,1-2H3/t14-/m1/s1. The minimum atomic E-state index is 0.533. The Balaban J connectivity index is 2.12. The van der Waals surface area contributed by atoms with Gasteiger partial charge in [0.25, 0.3) is 0 Å². The third-order valence-electron chi connectivity index (χ3n) is 3.36. The SMILES string of the molecule is CC(C)C[C@H](c1cccnc1)N1CCNCC1. The fourth-order valence-corrected chi connectivity index (χ4v) is 2.51. The lowest BCUT2D eigenvalue weighted by atomic mass is 9.96. The molecule has 1 aromatic rings. The minimum Gasteiger partial charge on any atom is -0.314 e. The first-order valence-electron chi connectivity index (χ1n) is 6.62. The summed E-state index contributed by atoms with van der Waals surface area (Å²) in [7, 11) is 0. The molecule has 1 fully saturated rings. The molecule has 0 bridgehead atoms. The van der Waals surface area contributed by atoms with Gasteiger partial charge in [-0.3, -0.25) is 9.88 Å². The molecule has 17 heavy (non-hydrogen) atoms. The van der Waals surface area contributed by atoms with Gasteiger partial charge in [0, 0.05) is 44.6 Å². The maximum Gasteiger partial charge on any atom is 0.0366 e. The molecule has 0 unspecified atom stereocenters. The highest BCUT2D eigenvalue weighted by Gasteiger charge is 2.22. The van der Waals surface area contributed by atoms with Gasteiger partial charge < -0.3 is 5.32 Å². The molecule has 1 aliphatic rings. The zero-order valence-corrected chi connectivity index (χ0v) is 10.9. The van der Waals surface area contributed by atoms with Crippen LogP contribution in [0.2, 0.25) is 0 Å². The lowest BCUT2D eigenvalue weighted by Gasteiger charge is -2.36. The second kappa shape index (κ2) is 6.12. The first kappa shape index (κ1) is 12.5. The molecule has 94 valence electrons. The summed E-state index contributed by atoms with van der Waals surface area (Å²) in [5, 5.41) is 3.42. The van der Waals surface area contributed by atoms with E-state index in [-0.39, 0.29) is 0 Å². The monoisotopic (exact) mass is 233 g/mol. The van der Waals surface area contributed by atoms with E-state index in [9.17, 15) is 0 Å². The number of nitrogens with one attached hydrogen (secondary N) is 1. The number of hydrogen-bond donors (Lipinski definition) is 1. The van der Waals surface area contributed by atoms with Crippen LogP contribution in [0.5, 0.6) is 0 Å². The molecule has 3 nitrogen and oxygen atoms in total. The van der Waals surface area contributed by atoms with Crippen molar-refractivity contribution in [2.75, 3.05) is 26.2 Å². The molecule has 2 rings (SSSR count). The highest BCUT2D eigenvalue weighted by Crippen LogP contribution is 2.27. The lowest BCUT2D eigenvalue weighted by molar-refractivity contribution is 0.154. The molecule has 0 amide bonds. The van der Waals surface area contributed by atoms with E-state index in [0.29, 0.717) is 6.04 Å². The van der Waals surface area contributed by atoms with Gasteiger partial charge in [0.05, 0.1) is 0 Å². The molecule has 1 aliphatic heterocycles. The van der Waals surface area contributed by atoms with E-state index in [1.165, 1.54) is 12.0 Å². The van der Waals surface area contributed by atoms with Crippen molar-refractivity contribution in [3.05, 3.63) is 30.1 Å². The van der Waals surface area contributed by atoms with Gasteiger partial charge in [-0.1, -0.05) is 19.9 Å². The van der Waals surface area contributed by atoms with Crippen LogP contribution in [0.25, 0.3) is 0 Å². The van der Waals surface area contributed by atoms with Crippen LogP contribution in [0.4, 0.5) is 0 Å². The summed E-state index contributed by atoms with van der Waals surface area (Å²) in [5.74, 6) is 0.718. The Morgan fingerprint density at radius 3 is 2.71 bits per heavy atom. The Kier molecular flexibility index (Phi) is 4.51. The topological polar surface area (TPSA) is 28.2 Å². The summed E-state index contributed by atoms with van der Waals surface area (Å²) >= 11 is 0. The quantitative estimate of drug-likeness (QED) is 0.863. The maximum atomic E-state index is 4.27. The van der Waals surface area contributed by atoms with E-state index >= 15 is 0 Å². The lowest BCUT2D eigenvalue weighted by Crippen LogP contribution is -2.45. The maximum absolute atomic E-state index is 4.27. The van der Waals surface area contributed by atoms with Gasteiger partial charge in [0.2, 0.25) is 0 Å². The molecular formula is C14H23N3. The molecule has 0 aromatic carbocycles. The van der Waals surface area contributed by atoms with Crippen molar-refractivity contribution in [2.45, 2.75) is 26.3 Å². The van der Waals surface area contributed by atoms with Crippen LogP contribution in [0.1, 0.15) is 31.9 Å². The van der Waals surface area contributed by atoms with Crippen molar-refractivity contribution in [3.63, 3.8) is 0 Å². The number of hydrogen-bond acceptors (Lipinski definition) is 3. The smallest absolute Gasteiger partial charge is 0.0366 e. The molecule has 3 heteroatoms. The zero-order valence-electron chi connectivity index (χ0n) is 10.9. The molecule has 0 radical (unpaired) electrons. The number of nitrogens with zero attached hydrogens (tertiary/aromatic N) is 2. The molecule has 0 aliphatic carbocycles. The van der Waals surface area contributed by atoms with E-state index < -0.39 is 0 Å². The van der Waals surface area contributed by atoms with Crippen LogP contribution in [-0.2, 0) is 0 Å². The fraction of sp³-hybridized carbons (Fsp3) is 0.643. The predicted molar refractivity (Wildman–Crippen MR) is 70.9 cm³/mol. The average molecular weight is 233 g/mol. The largest absolute Gasteiger partial charge is 0.314 e. The van der Waals surface area contributed by atoms with E-state index in [2.05, 4.69) is 35.1 Å². The molecule has 0 spiro atoms. The number of aromatic nitrogens is 1. The van der Waals surface area contributed by atoms with Crippen molar-refractivity contribution < 1.29 is 0 Å². The van der Waals surface area contributed by atoms with Crippen molar-refractivity contribution in [1.82, 2.24) is 15.2 Å². The van der Waals surface area contributed by atoms with Gasteiger partial charge >= 0.3 is 0 Å². The Bertz CT molecular complexity index is 317. The third kappa shape index (κ3) is 3.51. The number of piperazine rings is 1. The first-order chi connectivity index (χ1) is 8.27. The van der Waals surface area contributed by atoms with Gasteiger partial charge in [-0.15, -0.1) is 0 Å². The average Bonchev–Trinajstić information content (AvgIpc) is 2.38. The van der Waals surface area contributed by atoms with E-state index in [1.807, 2.05) is 18.5 Å². The second-order valence-electron chi connectivity index (χ2n) is 5.22. The van der Waals surface area contributed by atoms with Crippen molar-refractivity contribution >= 4 is 0 Å². The molecular weight excluding hydrogens is 210 g/mol. The predicted octanol–water partition coefficient (Wildman–Crippen LogP) is 2.07. The third-order valence-corrected chi connectivity index (χ3v) is 3.36. The Hall–Kier alpha value is -0.930. The van der Waals surface area contributed by atoms with Crippen molar-refractivity contribution in [1.29, 1.82) is 0 Å². The molecule has 2 heterocycles. The van der Waals surface area contributed by atoms with E-state index in [0.717, 1.165) is 32.1 Å². The Morgan fingerprint density at radius 2 is 2.12 bits per heavy atom.